The van der Waals surface area contributed by atoms with Crippen LogP contribution in [0.5, 0.6) is 5.75 Å². The number of hydrogen-bond donors (Lipinski definition) is 2. The van der Waals surface area contributed by atoms with Crippen molar-refractivity contribution in [3.05, 3.63) is 71.8 Å². The monoisotopic (exact) mass is 404 g/mol. The maximum absolute atomic E-state index is 12.1. The van der Waals surface area contributed by atoms with E-state index in [1.807, 2.05) is 0 Å². The van der Waals surface area contributed by atoms with Gasteiger partial charge < -0.3 is 9.47 Å². The second-order valence-corrected chi connectivity index (χ2v) is 5.67. The van der Waals surface area contributed by atoms with Gasteiger partial charge in [-0.05, 0) is 42.8 Å². The van der Waals surface area contributed by atoms with Crippen molar-refractivity contribution < 1.29 is 32.6 Å². The van der Waals surface area contributed by atoms with Crippen molar-refractivity contribution in [2.24, 2.45) is 0 Å². The third-order valence-electron chi connectivity index (χ3n) is 3.51. The van der Waals surface area contributed by atoms with Crippen LogP contribution in [0.3, 0.4) is 0 Å². The van der Waals surface area contributed by atoms with Crippen molar-refractivity contribution in [2.45, 2.75) is 19.6 Å². The van der Waals surface area contributed by atoms with E-state index in [1.54, 1.807) is 30.3 Å². The molecular weight excluding hydrogens is 386 g/mol. The Labute approximate surface area is 165 Å². The summed E-state index contributed by atoms with van der Waals surface area (Å²) < 4.78 is 33.3. The van der Waals surface area contributed by atoms with Gasteiger partial charge in [-0.2, -0.15) is 8.78 Å². The van der Waals surface area contributed by atoms with Crippen LogP contribution < -0.4 is 15.6 Å². The van der Waals surface area contributed by atoms with Crippen LogP contribution in [0.25, 0.3) is 6.08 Å². The first-order valence-corrected chi connectivity index (χ1v) is 8.44. The molecule has 2 amide bonds. The zero-order valence-electron chi connectivity index (χ0n) is 15.3. The largest absolute Gasteiger partial charge is 0.449 e. The lowest BCUT2D eigenvalue weighted by molar-refractivity contribution is -0.150. The van der Waals surface area contributed by atoms with E-state index >= 15 is 0 Å². The molecule has 2 aromatic carbocycles. The molecule has 0 heterocycles. The average molecular weight is 404 g/mol. The molecule has 1 atom stereocenters. The number of halogens is 2. The number of hydrogen-bond acceptors (Lipinski definition) is 5. The van der Waals surface area contributed by atoms with E-state index in [-0.39, 0.29) is 5.75 Å². The topological polar surface area (TPSA) is 93.7 Å². The van der Waals surface area contributed by atoms with Gasteiger partial charge in [-0.1, -0.05) is 30.3 Å². The predicted molar refractivity (Wildman–Crippen MR) is 99.7 cm³/mol. The smallest absolute Gasteiger partial charge is 0.387 e. The van der Waals surface area contributed by atoms with E-state index in [0.717, 1.165) is 6.08 Å². The Hall–Kier alpha value is -3.75. The van der Waals surface area contributed by atoms with E-state index in [4.69, 9.17) is 4.74 Å². The van der Waals surface area contributed by atoms with Crippen LogP contribution in [0.4, 0.5) is 8.78 Å². The number of carbonyl (C=O) groups excluding carboxylic acids is 3. The number of benzene rings is 2. The van der Waals surface area contributed by atoms with E-state index in [0.29, 0.717) is 11.1 Å². The minimum absolute atomic E-state index is 0.0115. The summed E-state index contributed by atoms with van der Waals surface area (Å²) in [5.41, 5.74) is 5.27. The zero-order valence-corrected chi connectivity index (χ0v) is 15.3. The molecule has 0 aliphatic rings. The number of alkyl halides is 2. The summed E-state index contributed by atoms with van der Waals surface area (Å²) in [5.74, 6) is -2.04. The molecule has 0 bridgehead atoms. The Balaban J connectivity index is 1.79. The van der Waals surface area contributed by atoms with Crippen LogP contribution in [0, 0.1) is 0 Å². The lowest BCUT2D eigenvalue weighted by atomic mass is 10.2. The summed E-state index contributed by atoms with van der Waals surface area (Å²) in [4.78, 5) is 35.6. The van der Waals surface area contributed by atoms with Crippen molar-refractivity contribution in [3.8, 4) is 5.75 Å². The van der Waals surface area contributed by atoms with Crippen LogP contribution in [-0.2, 0) is 14.3 Å². The van der Waals surface area contributed by atoms with Gasteiger partial charge in [0, 0.05) is 11.6 Å². The molecule has 0 radical (unpaired) electrons. The molecule has 0 saturated carbocycles. The first kappa shape index (κ1) is 21.5. The summed E-state index contributed by atoms with van der Waals surface area (Å²) in [5, 5.41) is 0. The second kappa shape index (κ2) is 10.5. The molecule has 152 valence electrons. The number of hydrazine groups is 1. The van der Waals surface area contributed by atoms with Crippen molar-refractivity contribution in [1.82, 2.24) is 10.9 Å². The fourth-order valence-corrected chi connectivity index (χ4v) is 2.07. The SMILES string of the molecule is C[C@H](OC(=O)/C=C/c1ccc(OC(F)F)cc1)C(=O)NNC(=O)c1ccccc1. The molecule has 0 saturated heterocycles. The second-order valence-electron chi connectivity index (χ2n) is 5.67. The van der Waals surface area contributed by atoms with Gasteiger partial charge in [0.05, 0.1) is 0 Å². The molecule has 0 aliphatic heterocycles. The minimum Gasteiger partial charge on any atom is -0.449 e. The van der Waals surface area contributed by atoms with Gasteiger partial charge in [0.1, 0.15) is 5.75 Å². The number of carbonyl (C=O) groups is 3. The fourth-order valence-electron chi connectivity index (χ4n) is 2.07. The van der Waals surface area contributed by atoms with Crippen LogP contribution in [-0.4, -0.2) is 30.5 Å². The molecule has 0 aromatic heterocycles. The quantitative estimate of drug-likeness (QED) is 0.421. The van der Waals surface area contributed by atoms with Crippen molar-refractivity contribution in [3.63, 3.8) is 0 Å². The van der Waals surface area contributed by atoms with Crippen LogP contribution in [0.15, 0.2) is 60.7 Å². The van der Waals surface area contributed by atoms with Crippen molar-refractivity contribution >= 4 is 23.9 Å². The Kier molecular flexibility index (Phi) is 7.84. The standard InChI is InChI=1S/C20H18F2N2O5/c1-13(18(26)23-24-19(27)15-5-3-2-4-6-15)28-17(25)12-9-14-7-10-16(11-8-14)29-20(21)22/h2-13,20H,1H3,(H,23,26)(H,24,27)/b12-9+/t13-/m0/s1. The molecule has 0 spiro atoms. The Morgan fingerprint density at radius 2 is 1.62 bits per heavy atom. The van der Waals surface area contributed by atoms with E-state index < -0.39 is 30.5 Å². The molecule has 0 aliphatic carbocycles. The Morgan fingerprint density at radius 3 is 2.24 bits per heavy atom. The highest BCUT2D eigenvalue weighted by atomic mass is 19.3. The normalized spacial score (nSPS) is 11.7. The van der Waals surface area contributed by atoms with Gasteiger partial charge in [0.2, 0.25) is 0 Å². The van der Waals surface area contributed by atoms with Crippen molar-refractivity contribution in [1.29, 1.82) is 0 Å². The molecule has 2 aromatic rings. The molecule has 0 unspecified atom stereocenters. The summed E-state index contributed by atoms with van der Waals surface area (Å²) in [6.45, 7) is -1.58. The predicted octanol–water partition coefficient (Wildman–Crippen LogP) is 2.69. The first-order valence-electron chi connectivity index (χ1n) is 8.44. The molecule has 9 heteroatoms. The highest BCUT2D eigenvalue weighted by Crippen LogP contribution is 2.15. The summed E-state index contributed by atoms with van der Waals surface area (Å²) in [6, 6.07) is 13.8. The number of nitrogens with one attached hydrogen (secondary N) is 2. The average Bonchev–Trinajstić information content (AvgIpc) is 2.71. The Bertz CT molecular complexity index is 870. The highest BCUT2D eigenvalue weighted by molar-refractivity contribution is 5.96. The molecule has 7 nitrogen and oxygen atoms in total. The Morgan fingerprint density at radius 1 is 0.966 bits per heavy atom. The number of rotatable bonds is 7. The maximum atomic E-state index is 12.1. The van der Waals surface area contributed by atoms with Gasteiger partial charge in [-0.15, -0.1) is 0 Å². The summed E-state index contributed by atoms with van der Waals surface area (Å²) >= 11 is 0. The molecule has 29 heavy (non-hydrogen) atoms. The van der Waals surface area contributed by atoms with Crippen LogP contribution in [0.2, 0.25) is 0 Å². The first-order chi connectivity index (χ1) is 13.8. The fraction of sp³-hybridized carbons (Fsp3) is 0.150. The van der Waals surface area contributed by atoms with Gasteiger partial charge in [0.15, 0.2) is 6.10 Å². The number of amides is 2. The summed E-state index contributed by atoms with van der Waals surface area (Å²) in [6.07, 6.45) is 1.30. The van der Waals surface area contributed by atoms with Gasteiger partial charge >= 0.3 is 12.6 Å². The van der Waals surface area contributed by atoms with Gasteiger partial charge in [-0.25, -0.2) is 4.79 Å². The third kappa shape index (κ3) is 7.41. The van der Waals surface area contributed by atoms with Crippen LogP contribution in [0.1, 0.15) is 22.8 Å². The van der Waals surface area contributed by atoms with Crippen molar-refractivity contribution in [2.75, 3.05) is 0 Å². The number of esters is 1. The van der Waals surface area contributed by atoms with E-state index in [1.165, 1.54) is 37.3 Å². The van der Waals surface area contributed by atoms with Crippen LogP contribution >= 0.6 is 0 Å². The highest BCUT2D eigenvalue weighted by Gasteiger charge is 2.17. The van der Waals surface area contributed by atoms with E-state index in [2.05, 4.69) is 15.6 Å². The molecule has 0 fully saturated rings. The lowest BCUT2D eigenvalue weighted by Crippen LogP contribution is -2.46. The zero-order chi connectivity index (χ0) is 21.2. The van der Waals surface area contributed by atoms with Gasteiger partial charge in [0.25, 0.3) is 11.8 Å². The maximum Gasteiger partial charge on any atom is 0.387 e. The van der Waals surface area contributed by atoms with Gasteiger partial charge in [-0.3, -0.25) is 20.4 Å². The minimum atomic E-state index is -2.92. The lowest BCUT2D eigenvalue weighted by Gasteiger charge is -2.13. The molecule has 2 rings (SSSR count). The number of ether oxygens (including phenoxy) is 2. The molecular formula is C20H18F2N2O5. The summed E-state index contributed by atoms with van der Waals surface area (Å²) in [7, 11) is 0. The molecule has 2 N–H and O–H groups in total. The third-order valence-corrected chi connectivity index (χ3v) is 3.51. The van der Waals surface area contributed by atoms with E-state index in [9.17, 15) is 23.2 Å².